The minimum absolute atomic E-state index is 0.0777. The van der Waals surface area contributed by atoms with E-state index in [0.29, 0.717) is 23.2 Å². The van der Waals surface area contributed by atoms with Gasteiger partial charge >= 0.3 is 0 Å². The number of benzene rings is 2. The molecule has 3 rings (SSSR count). The van der Waals surface area contributed by atoms with Crippen molar-refractivity contribution in [1.82, 2.24) is 9.88 Å². The summed E-state index contributed by atoms with van der Waals surface area (Å²) in [6, 6.07) is 13.0. The van der Waals surface area contributed by atoms with Crippen LogP contribution in [0.5, 0.6) is 0 Å². The zero-order valence-electron chi connectivity index (χ0n) is 14.7. The first-order valence-electron chi connectivity index (χ1n) is 8.06. The van der Waals surface area contributed by atoms with Gasteiger partial charge in [-0.15, -0.1) is 0 Å². The van der Waals surface area contributed by atoms with Gasteiger partial charge in [-0.25, -0.2) is 4.98 Å². The van der Waals surface area contributed by atoms with Gasteiger partial charge in [0.1, 0.15) is 11.6 Å². The number of nitrogens with one attached hydrogen (secondary N) is 1. The summed E-state index contributed by atoms with van der Waals surface area (Å²) >= 11 is 3.42. The lowest BCUT2D eigenvalue weighted by molar-refractivity contribution is -0.383. The summed E-state index contributed by atoms with van der Waals surface area (Å²) in [5.74, 6) is 0. The van der Waals surface area contributed by atoms with Gasteiger partial charge in [0.2, 0.25) is 0 Å². The highest BCUT2D eigenvalue weighted by Gasteiger charge is 2.20. The molecule has 0 saturated carbocycles. The van der Waals surface area contributed by atoms with Crippen LogP contribution in [-0.2, 0) is 6.54 Å². The van der Waals surface area contributed by atoms with Gasteiger partial charge in [-0.2, -0.15) is 5.26 Å². The van der Waals surface area contributed by atoms with E-state index in [1.165, 1.54) is 12.3 Å². The summed E-state index contributed by atoms with van der Waals surface area (Å²) in [5, 5.41) is 24.9. The van der Waals surface area contributed by atoms with Gasteiger partial charge in [0, 0.05) is 34.4 Å². The van der Waals surface area contributed by atoms with Gasteiger partial charge in [-0.3, -0.25) is 10.1 Å². The van der Waals surface area contributed by atoms with Crippen molar-refractivity contribution in [2.24, 2.45) is 0 Å². The predicted molar refractivity (Wildman–Crippen MR) is 108 cm³/mol. The fraction of sp³-hybridized carbons (Fsp3) is 0.158. The average molecular weight is 426 g/mol. The molecule has 0 amide bonds. The molecule has 0 atom stereocenters. The number of pyridine rings is 1. The Hall–Kier alpha value is -3.02. The van der Waals surface area contributed by atoms with Crippen LogP contribution in [0.1, 0.15) is 11.1 Å². The Morgan fingerprint density at radius 3 is 2.74 bits per heavy atom. The summed E-state index contributed by atoms with van der Waals surface area (Å²) in [6.07, 6.45) is 1.36. The number of rotatable bonds is 5. The third-order valence-electron chi connectivity index (χ3n) is 3.92. The molecule has 27 heavy (non-hydrogen) atoms. The Morgan fingerprint density at radius 1 is 1.33 bits per heavy atom. The van der Waals surface area contributed by atoms with Crippen molar-refractivity contribution >= 4 is 43.9 Å². The van der Waals surface area contributed by atoms with Crippen molar-refractivity contribution < 1.29 is 4.92 Å². The molecule has 0 fully saturated rings. The van der Waals surface area contributed by atoms with Crippen molar-refractivity contribution in [2.75, 3.05) is 19.4 Å². The van der Waals surface area contributed by atoms with Crippen LogP contribution in [0.15, 0.2) is 47.1 Å². The van der Waals surface area contributed by atoms with Gasteiger partial charge in [-0.1, -0.05) is 22.0 Å². The maximum atomic E-state index is 11.6. The van der Waals surface area contributed by atoms with Gasteiger partial charge in [0.25, 0.3) is 5.69 Å². The third kappa shape index (κ3) is 4.05. The first-order chi connectivity index (χ1) is 12.9. The molecular formula is C19H16BrN5O2. The van der Waals surface area contributed by atoms with Gasteiger partial charge in [-0.05, 0) is 43.9 Å². The molecule has 3 aromatic rings. The number of non-ortho nitro benzene ring substituents is 1. The van der Waals surface area contributed by atoms with Crippen molar-refractivity contribution in [3.05, 3.63) is 68.3 Å². The van der Waals surface area contributed by atoms with E-state index in [4.69, 9.17) is 0 Å². The molecule has 2 aromatic carbocycles. The summed E-state index contributed by atoms with van der Waals surface area (Å²) in [4.78, 5) is 17.3. The van der Waals surface area contributed by atoms with Crippen LogP contribution in [0, 0.1) is 21.4 Å². The number of anilines is 2. The van der Waals surface area contributed by atoms with E-state index in [1.54, 1.807) is 0 Å². The topological polar surface area (TPSA) is 95.1 Å². The monoisotopic (exact) mass is 425 g/mol. The summed E-state index contributed by atoms with van der Waals surface area (Å²) < 4.78 is 0.878. The molecule has 0 bridgehead atoms. The first-order valence-corrected chi connectivity index (χ1v) is 8.86. The van der Waals surface area contributed by atoms with Crippen LogP contribution in [-0.4, -0.2) is 28.9 Å². The number of nitriles is 1. The molecule has 8 heteroatoms. The molecule has 0 radical (unpaired) electrons. The number of nitro groups is 1. The number of nitro benzene ring substituents is 1. The maximum absolute atomic E-state index is 11.6. The number of nitrogens with zero attached hydrogens (tertiary/aromatic N) is 4. The normalized spacial score (nSPS) is 10.8. The summed E-state index contributed by atoms with van der Waals surface area (Å²) in [6.45, 7) is 0.532. The smallest absolute Gasteiger partial charge is 0.295 e. The lowest BCUT2D eigenvalue weighted by Crippen LogP contribution is -2.11. The number of hydrogen-bond acceptors (Lipinski definition) is 6. The third-order valence-corrected chi connectivity index (χ3v) is 4.41. The summed E-state index contributed by atoms with van der Waals surface area (Å²) in [7, 11) is 3.78. The number of halogens is 1. The van der Waals surface area contributed by atoms with E-state index in [2.05, 4.69) is 32.3 Å². The molecule has 0 aliphatic rings. The van der Waals surface area contributed by atoms with E-state index >= 15 is 0 Å². The summed E-state index contributed by atoms with van der Waals surface area (Å²) in [5.41, 5.74) is 2.52. The molecule has 7 nitrogen and oxygen atoms in total. The Labute approximate surface area is 164 Å². The SMILES string of the molecule is CN(C)Cc1cc([N+](=O)[O-])c2ncc(C#N)c(Nc3cccc(Br)c3)c2c1. The molecule has 0 saturated heterocycles. The molecule has 1 aromatic heterocycles. The van der Waals surface area contributed by atoms with Crippen LogP contribution in [0.2, 0.25) is 0 Å². The molecule has 1 heterocycles. The van der Waals surface area contributed by atoms with Crippen molar-refractivity contribution in [1.29, 1.82) is 5.26 Å². The average Bonchev–Trinajstić information content (AvgIpc) is 2.61. The number of aromatic nitrogens is 1. The van der Waals surface area contributed by atoms with Crippen molar-refractivity contribution in [3.8, 4) is 6.07 Å². The lowest BCUT2D eigenvalue weighted by Gasteiger charge is -2.14. The second kappa shape index (κ2) is 7.70. The van der Waals surface area contributed by atoms with Crippen LogP contribution in [0.3, 0.4) is 0 Å². The zero-order valence-corrected chi connectivity index (χ0v) is 16.3. The Kier molecular flexibility index (Phi) is 5.35. The first kappa shape index (κ1) is 18.8. The molecule has 0 spiro atoms. The van der Waals surface area contributed by atoms with E-state index < -0.39 is 4.92 Å². The van der Waals surface area contributed by atoms with Crippen LogP contribution >= 0.6 is 15.9 Å². The molecule has 1 N–H and O–H groups in total. The zero-order chi connectivity index (χ0) is 19.6. The van der Waals surface area contributed by atoms with Crippen LogP contribution in [0.4, 0.5) is 17.1 Å². The van der Waals surface area contributed by atoms with E-state index in [1.807, 2.05) is 49.3 Å². The van der Waals surface area contributed by atoms with E-state index in [0.717, 1.165) is 15.7 Å². The fourth-order valence-corrected chi connectivity index (χ4v) is 3.27. The van der Waals surface area contributed by atoms with Gasteiger partial charge in [0.15, 0.2) is 0 Å². The maximum Gasteiger partial charge on any atom is 0.295 e. The second-order valence-electron chi connectivity index (χ2n) is 6.30. The van der Waals surface area contributed by atoms with E-state index in [9.17, 15) is 15.4 Å². The Bertz CT molecular complexity index is 1080. The molecule has 0 aliphatic heterocycles. The molecule has 136 valence electrons. The van der Waals surface area contributed by atoms with Crippen LogP contribution in [0.25, 0.3) is 10.9 Å². The number of hydrogen-bond donors (Lipinski definition) is 1. The quantitative estimate of drug-likeness (QED) is 0.474. The fourth-order valence-electron chi connectivity index (χ4n) is 2.87. The lowest BCUT2D eigenvalue weighted by atomic mass is 10.0. The minimum Gasteiger partial charge on any atom is -0.354 e. The largest absolute Gasteiger partial charge is 0.354 e. The predicted octanol–water partition coefficient (Wildman–Crippen LogP) is 4.58. The highest BCUT2D eigenvalue weighted by molar-refractivity contribution is 9.10. The van der Waals surface area contributed by atoms with E-state index in [-0.39, 0.29) is 11.2 Å². The molecule has 0 aliphatic carbocycles. The highest BCUT2D eigenvalue weighted by atomic mass is 79.9. The van der Waals surface area contributed by atoms with Crippen LogP contribution < -0.4 is 5.32 Å². The van der Waals surface area contributed by atoms with Gasteiger partial charge < -0.3 is 10.2 Å². The second-order valence-corrected chi connectivity index (χ2v) is 7.22. The van der Waals surface area contributed by atoms with Gasteiger partial charge in [0.05, 0.1) is 16.2 Å². The highest BCUT2D eigenvalue weighted by Crippen LogP contribution is 2.35. The van der Waals surface area contributed by atoms with Crippen molar-refractivity contribution in [2.45, 2.75) is 6.54 Å². The molecular weight excluding hydrogens is 410 g/mol. The standard InChI is InChI=1S/C19H16BrN5O2/c1-24(2)11-12-6-16-18(23-15-5-3-4-14(20)8-15)13(9-21)10-22-19(16)17(7-12)25(26)27/h3-8,10H,11H2,1-2H3,(H,22,23). The Balaban J connectivity index is 2.27. The molecule has 0 unspecified atom stereocenters. The number of fused-ring (bicyclic) bond motifs is 1. The van der Waals surface area contributed by atoms with Crippen molar-refractivity contribution in [3.63, 3.8) is 0 Å². The minimum atomic E-state index is -0.441. The Morgan fingerprint density at radius 2 is 2.11 bits per heavy atom.